The van der Waals surface area contributed by atoms with Crippen molar-refractivity contribution in [3.63, 3.8) is 0 Å². The van der Waals surface area contributed by atoms with Crippen molar-refractivity contribution in [2.45, 2.75) is 65.3 Å². The van der Waals surface area contributed by atoms with Crippen LogP contribution in [0.3, 0.4) is 0 Å². The van der Waals surface area contributed by atoms with Crippen LogP contribution in [0.4, 0.5) is 0 Å². The monoisotopic (exact) mass is 377 g/mol. The number of rotatable bonds is 6. The second-order valence-corrected chi connectivity index (χ2v) is 9.21. The van der Waals surface area contributed by atoms with Crippen molar-refractivity contribution in [2.75, 3.05) is 26.2 Å². The molecule has 2 aliphatic heterocycles. The van der Waals surface area contributed by atoms with Crippen molar-refractivity contribution < 1.29 is 14.4 Å². The van der Waals surface area contributed by atoms with E-state index in [0.29, 0.717) is 11.8 Å². The summed E-state index contributed by atoms with van der Waals surface area (Å²) in [5.41, 5.74) is 0. The molecule has 27 heavy (non-hydrogen) atoms. The lowest BCUT2D eigenvalue weighted by molar-refractivity contribution is -0.140. The van der Waals surface area contributed by atoms with Crippen molar-refractivity contribution in [2.24, 2.45) is 23.7 Å². The number of nitrogens with zero attached hydrogens (tertiary/aromatic N) is 2. The van der Waals surface area contributed by atoms with Gasteiger partial charge in [-0.05, 0) is 38.0 Å². The van der Waals surface area contributed by atoms with Gasteiger partial charge in [0.05, 0.1) is 11.8 Å². The third kappa shape index (κ3) is 4.89. The van der Waals surface area contributed by atoms with Crippen LogP contribution < -0.4 is 5.32 Å². The SMILES string of the molecule is CC1CC(C)CN(CC(C)NC(=O)CCN2C(=O)C3CCCCC3C2=O)C1. The minimum absolute atomic E-state index is 0.0539. The summed E-state index contributed by atoms with van der Waals surface area (Å²) in [5, 5.41) is 3.04. The molecule has 0 bridgehead atoms. The second-order valence-electron chi connectivity index (χ2n) is 9.21. The average molecular weight is 378 g/mol. The van der Waals surface area contributed by atoms with E-state index in [4.69, 9.17) is 0 Å². The Bertz CT molecular complexity index is 545. The fourth-order valence-electron chi connectivity index (χ4n) is 5.39. The van der Waals surface area contributed by atoms with Crippen molar-refractivity contribution in [3.8, 4) is 0 Å². The van der Waals surface area contributed by atoms with Crippen LogP contribution in [0.25, 0.3) is 0 Å². The highest BCUT2D eigenvalue weighted by molar-refractivity contribution is 6.05. The minimum atomic E-state index is -0.128. The molecule has 3 rings (SSSR count). The van der Waals surface area contributed by atoms with Gasteiger partial charge in [-0.2, -0.15) is 0 Å². The molecule has 1 aliphatic carbocycles. The molecule has 0 aromatic heterocycles. The number of imide groups is 1. The van der Waals surface area contributed by atoms with E-state index in [2.05, 4.69) is 24.1 Å². The molecule has 5 unspecified atom stereocenters. The van der Waals surface area contributed by atoms with Gasteiger partial charge in [-0.15, -0.1) is 0 Å². The van der Waals surface area contributed by atoms with E-state index >= 15 is 0 Å². The third-order valence-electron chi connectivity index (χ3n) is 6.38. The third-order valence-corrected chi connectivity index (χ3v) is 6.38. The van der Waals surface area contributed by atoms with Crippen LogP contribution in [0.1, 0.15) is 59.3 Å². The highest BCUT2D eigenvalue weighted by Crippen LogP contribution is 2.37. The number of piperidine rings is 1. The number of amides is 3. The van der Waals surface area contributed by atoms with Crippen LogP contribution in [0.5, 0.6) is 0 Å². The molecule has 6 nitrogen and oxygen atoms in total. The molecule has 1 N–H and O–H groups in total. The first-order valence-corrected chi connectivity index (χ1v) is 10.7. The summed E-state index contributed by atoms with van der Waals surface area (Å²) in [6.45, 7) is 9.85. The molecule has 0 aromatic rings. The lowest BCUT2D eigenvalue weighted by Gasteiger charge is -2.36. The number of carbonyl (C=O) groups is 3. The molecule has 2 saturated heterocycles. The smallest absolute Gasteiger partial charge is 0.233 e. The van der Waals surface area contributed by atoms with Gasteiger partial charge in [0.2, 0.25) is 17.7 Å². The fraction of sp³-hybridized carbons (Fsp3) is 0.857. The standard InChI is InChI=1S/C21H35N3O3/c1-14-10-15(2)12-23(11-14)13-16(3)22-19(25)8-9-24-20(26)17-6-4-5-7-18(17)21(24)27/h14-18H,4-13H2,1-3H3,(H,22,25). The predicted octanol–water partition coefficient (Wildman–Crippen LogP) is 2.03. The quantitative estimate of drug-likeness (QED) is 0.719. The highest BCUT2D eigenvalue weighted by Gasteiger charge is 2.47. The first-order chi connectivity index (χ1) is 12.8. The zero-order valence-electron chi connectivity index (χ0n) is 17.1. The number of hydrogen-bond donors (Lipinski definition) is 1. The molecular formula is C21H35N3O3. The number of fused-ring (bicyclic) bond motifs is 1. The Morgan fingerprint density at radius 1 is 1.07 bits per heavy atom. The van der Waals surface area contributed by atoms with Crippen LogP contribution in [0, 0.1) is 23.7 Å². The Labute approximate surface area is 163 Å². The maximum absolute atomic E-state index is 12.5. The first-order valence-electron chi connectivity index (χ1n) is 10.7. The molecule has 152 valence electrons. The number of carbonyl (C=O) groups excluding carboxylic acids is 3. The summed E-state index contributed by atoms with van der Waals surface area (Å²) in [7, 11) is 0. The lowest BCUT2D eigenvalue weighted by Crippen LogP contribution is -2.47. The molecule has 3 fully saturated rings. The van der Waals surface area contributed by atoms with E-state index in [9.17, 15) is 14.4 Å². The van der Waals surface area contributed by atoms with Gasteiger partial charge in [-0.1, -0.05) is 26.7 Å². The molecule has 3 amide bonds. The molecule has 0 spiro atoms. The fourth-order valence-corrected chi connectivity index (χ4v) is 5.39. The molecule has 2 heterocycles. The van der Waals surface area contributed by atoms with Crippen LogP contribution in [-0.2, 0) is 14.4 Å². The van der Waals surface area contributed by atoms with E-state index in [1.54, 1.807) is 0 Å². The largest absolute Gasteiger partial charge is 0.352 e. The molecule has 3 aliphatic rings. The second kappa shape index (κ2) is 8.72. The van der Waals surface area contributed by atoms with Crippen LogP contribution in [-0.4, -0.2) is 59.7 Å². The van der Waals surface area contributed by atoms with Gasteiger partial charge in [0.15, 0.2) is 0 Å². The van der Waals surface area contributed by atoms with E-state index < -0.39 is 0 Å². The highest BCUT2D eigenvalue weighted by atomic mass is 16.2. The molecule has 5 atom stereocenters. The summed E-state index contributed by atoms with van der Waals surface area (Å²) in [6, 6.07) is 0.0718. The number of likely N-dealkylation sites (tertiary alicyclic amines) is 2. The Kier molecular flexibility index (Phi) is 6.56. The van der Waals surface area contributed by atoms with Gasteiger partial charge in [-0.25, -0.2) is 0 Å². The maximum atomic E-state index is 12.5. The zero-order chi connectivity index (χ0) is 19.6. The van der Waals surface area contributed by atoms with Crippen molar-refractivity contribution in [1.29, 1.82) is 0 Å². The van der Waals surface area contributed by atoms with Gasteiger partial charge >= 0.3 is 0 Å². The van der Waals surface area contributed by atoms with Crippen molar-refractivity contribution >= 4 is 17.7 Å². The van der Waals surface area contributed by atoms with Crippen molar-refractivity contribution in [1.82, 2.24) is 15.1 Å². The summed E-state index contributed by atoms with van der Waals surface area (Å²) in [5.74, 6) is 0.965. The Morgan fingerprint density at radius 2 is 1.63 bits per heavy atom. The predicted molar refractivity (Wildman–Crippen MR) is 104 cm³/mol. The van der Waals surface area contributed by atoms with Gasteiger partial charge in [0.25, 0.3) is 0 Å². The summed E-state index contributed by atoms with van der Waals surface area (Å²) < 4.78 is 0. The summed E-state index contributed by atoms with van der Waals surface area (Å²) >= 11 is 0. The van der Waals surface area contributed by atoms with E-state index in [0.717, 1.165) is 45.3 Å². The van der Waals surface area contributed by atoms with Crippen LogP contribution >= 0.6 is 0 Å². The van der Waals surface area contributed by atoms with Gasteiger partial charge in [0.1, 0.15) is 0 Å². The zero-order valence-corrected chi connectivity index (χ0v) is 17.1. The lowest BCUT2D eigenvalue weighted by atomic mass is 9.81. The normalized spacial score (nSPS) is 33.1. The number of nitrogens with one attached hydrogen (secondary N) is 1. The molecule has 1 saturated carbocycles. The Balaban J connectivity index is 1.43. The average Bonchev–Trinajstić information content (AvgIpc) is 2.83. The van der Waals surface area contributed by atoms with Gasteiger partial charge < -0.3 is 10.2 Å². The Hall–Kier alpha value is -1.43. The van der Waals surface area contributed by atoms with E-state index in [-0.39, 0.29) is 48.6 Å². The van der Waals surface area contributed by atoms with Crippen molar-refractivity contribution in [3.05, 3.63) is 0 Å². The number of hydrogen-bond acceptors (Lipinski definition) is 4. The summed E-state index contributed by atoms with van der Waals surface area (Å²) in [6.07, 6.45) is 5.17. The molecular weight excluding hydrogens is 342 g/mol. The van der Waals surface area contributed by atoms with E-state index in [1.807, 2.05) is 6.92 Å². The molecule has 0 radical (unpaired) electrons. The van der Waals surface area contributed by atoms with Gasteiger partial charge in [-0.3, -0.25) is 19.3 Å². The molecule has 0 aromatic carbocycles. The first kappa shape index (κ1) is 20.3. The topological polar surface area (TPSA) is 69.7 Å². The maximum Gasteiger partial charge on any atom is 0.233 e. The minimum Gasteiger partial charge on any atom is -0.352 e. The van der Waals surface area contributed by atoms with Crippen LogP contribution in [0.15, 0.2) is 0 Å². The van der Waals surface area contributed by atoms with E-state index in [1.165, 1.54) is 11.3 Å². The Morgan fingerprint density at radius 3 is 2.19 bits per heavy atom. The van der Waals surface area contributed by atoms with Gasteiger partial charge in [0, 0.05) is 38.6 Å². The molecule has 6 heteroatoms. The van der Waals surface area contributed by atoms with Crippen LogP contribution in [0.2, 0.25) is 0 Å². The summed E-state index contributed by atoms with van der Waals surface area (Å²) in [4.78, 5) is 41.1.